The van der Waals surface area contributed by atoms with Crippen molar-refractivity contribution in [2.45, 2.75) is 6.42 Å². The van der Waals surface area contributed by atoms with E-state index < -0.39 is 0 Å². The largest absolute Gasteiger partial charge is 0.324 e. The van der Waals surface area contributed by atoms with Crippen LogP contribution in [-0.2, 0) is 0 Å². The van der Waals surface area contributed by atoms with Gasteiger partial charge in [0.1, 0.15) is 0 Å². The summed E-state index contributed by atoms with van der Waals surface area (Å²) in [5, 5.41) is 8.65. The zero-order valence-electron chi connectivity index (χ0n) is 7.72. The number of nitrogens with zero attached hydrogens (tertiary/aromatic N) is 2. The molecule has 0 saturated carbocycles. The first-order valence-corrected chi connectivity index (χ1v) is 4.52. The molecule has 0 N–H and O–H groups in total. The molecule has 0 radical (unpaired) electrons. The van der Waals surface area contributed by atoms with Crippen LogP contribution in [0.1, 0.15) is 12.0 Å². The van der Waals surface area contributed by atoms with E-state index in [-0.39, 0.29) is 0 Å². The van der Waals surface area contributed by atoms with Gasteiger partial charge in [-0.1, -0.05) is 12.2 Å². The van der Waals surface area contributed by atoms with Crippen molar-refractivity contribution in [3.8, 4) is 6.07 Å². The van der Waals surface area contributed by atoms with Gasteiger partial charge in [0.25, 0.3) is 0 Å². The second-order valence-electron chi connectivity index (χ2n) is 3.07. The molecule has 14 heavy (non-hydrogen) atoms. The van der Waals surface area contributed by atoms with Gasteiger partial charge in [-0.15, -0.1) is 0 Å². The normalized spacial score (nSPS) is 14.1. The standard InChI is InChI=1S/C12H10N2/c13-10-11-4-6-12(7-5-11)14-8-2-1-3-9-14/h2-9H,1H2. The van der Waals surface area contributed by atoms with E-state index in [9.17, 15) is 0 Å². The van der Waals surface area contributed by atoms with E-state index in [1.165, 1.54) is 0 Å². The molecule has 0 fully saturated rings. The first kappa shape index (κ1) is 8.58. The number of hydrogen-bond donors (Lipinski definition) is 0. The Labute approximate surface area is 83.4 Å². The number of allylic oxidation sites excluding steroid dienone is 2. The van der Waals surface area contributed by atoms with E-state index in [1.54, 1.807) is 0 Å². The van der Waals surface area contributed by atoms with Crippen molar-refractivity contribution in [2.75, 3.05) is 4.90 Å². The average molecular weight is 182 g/mol. The summed E-state index contributed by atoms with van der Waals surface area (Å²) in [6.07, 6.45) is 9.24. The van der Waals surface area contributed by atoms with Crippen LogP contribution in [0.5, 0.6) is 0 Å². The Morgan fingerprint density at radius 3 is 2.29 bits per heavy atom. The van der Waals surface area contributed by atoms with E-state index in [0.717, 1.165) is 12.1 Å². The van der Waals surface area contributed by atoms with Crippen molar-refractivity contribution >= 4 is 5.69 Å². The summed E-state index contributed by atoms with van der Waals surface area (Å²) in [7, 11) is 0. The van der Waals surface area contributed by atoms with E-state index in [2.05, 4.69) is 18.2 Å². The van der Waals surface area contributed by atoms with Crippen LogP contribution in [-0.4, -0.2) is 0 Å². The second kappa shape index (κ2) is 3.80. The molecule has 0 bridgehead atoms. The van der Waals surface area contributed by atoms with Gasteiger partial charge in [0.05, 0.1) is 11.6 Å². The monoisotopic (exact) mass is 182 g/mol. The predicted molar refractivity (Wildman–Crippen MR) is 56.5 cm³/mol. The van der Waals surface area contributed by atoms with Crippen LogP contribution in [0, 0.1) is 11.3 Å². The lowest BCUT2D eigenvalue weighted by molar-refractivity contribution is 1.18. The molecule has 0 unspecified atom stereocenters. The van der Waals surface area contributed by atoms with Gasteiger partial charge in [-0.05, 0) is 30.7 Å². The first-order chi connectivity index (χ1) is 6.90. The Morgan fingerprint density at radius 1 is 1.07 bits per heavy atom. The van der Waals surface area contributed by atoms with E-state index in [1.807, 2.05) is 41.6 Å². The summed E-state index contributed by atoms with van der Waals surface area (Å²) in [6.45, 7) is 0. The summed E-state index contributed by atoms with van der Waals surface area (Å²) in [6, 6.07) is 9.64. The van der Waals surface area contributed by atoms with E-state index >= 15 is 0 Å². The molecule has 0 atom stereocenters. The lowest BCUT2D eigenvalue weighted by Gasteiger charge is -2.17. The third-order valence-corrected chi connectivity index (χ3v) is 2.10. The van der Waals surface area contributed by atoms with Crippen molar-refractivity contribution in [3.63, 3.8) is 0 Å². The number of benzene rings is 1. The van der Waals surface area contributed by atoms with Crippen molar-refractivity contribution in [1.82, 2.24) is 0 Å². The van der Waals surface area contributed by atoms with Crippen LogP contribution in [0.2, 0.25) is 0 Å². The molecular formula is C12H10N2. The molecule has 1 aliphatic heterocycles. The molecule has 0 spiro atoms. The highest BCUT2D eigenvalue weighted by Crippen LogP contribution is 2.18. The quantitative estimate of drug-likeness (QED) is 0.667. The fraction of sp³-hybridized carbons (Fsp3) is 0.0833. The molecule has 0 aliphatic carbocycles. The minimum Gasteiger partial charge on any atom is -0.324 e. The number of anilines is 1. The van der Waals surface area contributed by atoms with E-state index in [0.29, 0.717) is 5.56 Å². The number of hydrogen-bond acceptors (Lipinski definition) is 2. The van der Waals surface area contributed by atoms with Gasteiger partial charge in [-0.3, -0.25) is 0 Å². The maximum absolute atomic E-state index is 8.65. The van der Waals surface area contributed by atoms with Crippen LogP contribution < -0.4 is 4.90 Å². The van der Waals surface area contributed by atoms with Crippen LogP contribution in [0.4, 0.5) is 5.69 Å². The summed E-state index contributed by atoms with van der Waals surface area (Å²) in [5.41, 5.74) is 1.77. The molecule has 0 saturated heterocycles. The molecule has 1 aromatic carbocycles. The van der Waals surface area contributed by atoms with Crippen molar-refractivity contribution < 1.29 is 0 Å². The fourth-order valence-electron chi connectivity index (χ4n) is 1.36. The third-order valence-electron chi connectivity index (χ3n) is 2.10. The highest BCUT2D eigenvalue weighted by Gasteiger charge is 2.00. The van der Waals surface area contributed by atoms with Crippen molar-refractivity contribution in [3.05, 3.63) is 54.4 Å². The van der Waals surface area contributed by atoms with Crippen LogP contribution in [0.15, 0.2) is 48.8 Å². The van der Waals surface area contributed by atoms with Crippen LogP contribution in [0.3, 0.4) is 0 Å². The predicted octanol–water partition coefficient (Wildman–Crippen LogP) is 2.80. The van der Waals surface area contributed by atoms with Crippen molar-refractivity contribution in [1.29, 1.82) is 5.26 Å². The Bertz CT molecular complexity index is 395. The second-order valence-corrected chi connectivity index (χ2v) is 3.07. The van der Waals surface area contributed by atoms with E-state index in [4.69, 9.17) is 5.26 Å². The van der Waals surface area contributed by atoms with Crippen molar-refractivity contribution in [2.24, 2.45) is 0 Å². The Hall–Kier alpha value is -2.01. The molecule has 2 heteroatoms. The Kier molecular flexibility index (Phi) is 2.33. The molecule has 2 nitrogen and oxygen atoms in total. The smallest absolute Gasteiger partial charge is 0.0991 e. The minimum atomic E-state index is 0.693. The van der Waals surface area contributed by atoms with Gasteiger partial charge in [0, 0.05) is 18.1 Å². The lowest BCUT2D eigenvalue weighted by Crippen LogP contribution is -2.08. The maximum Gasteiger partial charge on any atom is 0.0991 e. The average Bonchev–Trinajstić information content (AvgIpc) is 2.30. The molecule has 0 aromatic heterocycles. The Balaban J connectivity index is 2.25. The minimum absolute atomic E-state index is 0.693. The highest BCUT2D eigenvalue weighted by atomic mass is 15.1. The molecule has 0 amide bonds. The van der Waals surface area contributed by atoms with Crippen LogP contribution in [0.25, 0.3) is 0 Å². The number of nitriles is 1. The fourth-order valence-corrected chi connectivity index (χ4v) is 1.36. The molecular weight excluding hydrogens is 172 g/mol. The van der Waals surface area contributed by atoms with Gasteiger partial charge < -0.3 is 4.90 Å². The van der Waals surface area contributed by atoms with Gasteiger partial charge in [-0.25, -0.2) is 0 Å². The Morgan fingerprint density at radius 2 is 1.71 bits per heavy atom. The summed E-state index contributed by atoms with van der Waals surface area (Å²) >= 11 is 0. The molecule has 1 aromatic rings. The highest BCUT2D eigenvalue weighted by molar-refractivity contribution is 5.55. The molecule has 1 heterocycles. The zero-order chi connectivity index (χ0) is 9.80. The summed E-state index contributed by atoms with van der Waals surface area (Å²) in [4.78, 5) is 2.03. The topological polar surface area (TPSA) is 27.0 Å². The lowest BCUT2D eigenvalue weighted by atomic mass is 10.2. The molecule has 68 valence electrons. The van der Waals surface area contributed by atoms with Gasteiger partial charge in [0.2, 0.25) is 0 Å². The molecule has 2 rings (SSSR count). The SMILES string of the molecule is N#Cc1ccc(N2C=CCC=C2)cc1. The summed E-state index contributed by atoms with van der Waals surface area (Å²) in [5.74, 6) is 0. The molecule has 1 aliphatic rings. The van der Waals surface area contributed by atoms with Gasteiger partial charge in [0.15, 0.2) is 0 Å². The van der Waals surface area contributed by atoms with Gasteiger partial charge >= 0.3 is 0 Å². The zero-order valence-corrected chi connectivity index (χ0v) is 7.72. The number of rotatable bonds is 1. The van der Waals surface area contributed by atoms with Crippen LogP contribution >= 0.6 is 0 Å². The summed E-state index contributed by atoms with van der Waals surface area (Å²) < 4.78 is 0. The van der Waals surface area contributed by atoms with Gasteiger partial charge in [-0.2, -0.15) is 5.26 Å². The third kappa shape index (κ3) is 1.67. The maximum atomic E-state index is 8.65. The first-order valence-electron chi connectivity index (χ1n) is 4.52.